The topological polar surface area (TPSA) is 54.4 Å². The highest BCUT2D eigenvalue weighted by Gasteiger charge is 2.60. The van der Waals surface area contributed by atoms with E-state index >= 15 is 0 Å². The third kappa shape index (κ3) is 1.99. The molecule has 3 heteroatoms. The van der Waals surface area contributed by atoms with Gasteiger partial charge in [0.15, 0.2) is 0 Å². The Bertz CT molecular complexity index is 485. The first-order valence-corrected chi connectivity index (χ1v) is 8.49. The molecule has 0 spiro atoms. The van der Waals surface area contributed by atoms with Gasteiger partial charge < -0.3 is 5.11 Å². The maximum Gasteiger partial charge on any atom is 0.309 e. The molecule has 118 valence electrons. The lowest BCUT2D eigenvalue weighted by Crippen LogP contribution is -2.57. The predicted molar refractivity (Wildman–Crippen MR) is 80.9 cm³/mol. The quantitative estimate of drug-likeness (QED) is 0.793. The van der Waals surface area contributed by atoms with Crippen molar-refractivity contribution in [2.45, 2.75) is 72.1 Å². The highest BCUT2D eigenvalue weighted by atomic mass is 16.4. The van der Waals surface area contributed by atoms with Gasteiger partial charge in [-0.05, 0) is 69.1 Å². The zero-order valence-electron chi connectivity index (χ0n) is 13.6. The van der Waals surface area contributed by atoms with E-state index in [1.165, 1.54) is 0 Å². The maximum atomic E-state index is 12.5. The molecule has 0 heterocycles. The van der Waals surface area contributed by atoms with Gasteiger partial charge in [-0.25, -0.2) is 0 Å². The van der Waals surface area contributed by atoms with Crippen molar-refractivity contribution < 1.29 is 14.7 Å². The number of hydrogen-bond donors (Lipinski definition) is 1. The molecule has 3 rings (SSSR count). The lowest BCUT2D eigenvalue weighted by molar-refractivity contribution is -0.169. The van der Waals surface area contributed by atoms with Crippen molar-refractivity contribution in [3.8, 4) is 0 Å². The molecule has 3 nitrogen and oxygen atoms in total. The Morgan fingerprint density at radius 3 is 2.52 bits per heavy atom. The number of hydrogen-bond acceptors (Lipinski definition) is 2. The normalized spacial score (nSPS) is 50.1. The van der Waals surface area contributed by atoms with E-state index in [1.54, 1.807) is 0 Å². The molecule has 3 aliphatic carbocycles. The first-order valence-electron chi connectivity index (χ1n) is 8.49. The monoisotopic (exact) mass is 292 g/mol. The molecular weight excluding hydrogens is 264 g/mol. The Kier molecular flexibility index (Phi) is 3.27. The molecule has 0 bridgehead atoms. The largest absolute Gasteiger partial charge is 0.481 e. The summed E-state index contributed by atoms with van der Waals surface area (Å²) in [4.78, 5) is 24.1. The Morgan fingerprint density at radius 2 is 1.86 bits per heavy atom. The number of ketones is 1. The van der Waals surface area contributed by atoms with Crippen molar-refractivity contribution in [1.82, 2.24) is 0 Å². The van der Waals surface area contributed by atoms with Crippen LogP contribution in [0.4, 0.5) is 0 Å². The van der Waals surface area contributed by atoms with Crippen LogP contribution in [0.2, 0.25) is 0 Å². The minimum atomic E-state index is -0.641. The Morgan fingerprint density at radius 1 is 1.14 bits per heavy atom. The number of carboxylic acid groups (broad SMARTS) is 1. The molecule has 0 saturated heterocycles. The molecule has 0 aromatic heterocycles. The van der Waals surface area contributed by atoms with E-state index in [4.69, 9.17) is 0 Å². The van der Waals surface area contributed by atoms with Gasteiger partial charge in [0, 0.05) is 11.8 Å². The summed E-state index contributed by atoms with van der Waals surface area (Å²) < 4.78 is 0. The van der Waals surface area contributed by atoms with Crippen molar-refractivity contribution in [2.24, 2.45) is 28.1 Å². The van der Waals surface area contributed by atoms with Gasteiger partial charge in [-0.3, -0.25) is 9.59 Å². The molecule has 1 N–H and O–H groups in total. The van der Waals surface area contributed by atoms with Crippen LogP contribution in [0.3, 0.4) is 0 Å². The molecular formula is C18H28O3. The van der Waals surface area contributed by atoms with Crippen LogP contribution in [0.25, 0.3) is 0 Å². The molecule has 3 fully saturated rings. The van der Waals surface area contributed by atoms with Crippen molar-refractivity contribution >= 4 is 11.8 Å². The van der Waals surface area contributed by atoms with E-state index in [-0.39, 0.29) is 10.8 Å². The molecule has 3 aliphatic rings. The summed E-state index contributed by atoms with van der Waals surface area (Å²) in [6.45, 7) is 6.44. The summed E-state index contributed by atoms with van der Waals surface area (Å²) in [6, 6.07) is 0. The number of aliphatic carboxylic acids is 1. The fourth-order valence-corrected chi connectivity index (χ4v) is 5.82. The Balaban J connectivity index is 1.91. The zero-order chi connectivity index (χ0) is 15.5. The van der Waals surface area contributed by atoms with Gasteiger partial charge >= 0.3 is 5.97 Å². The van der Waals surface area contributed by atoms with Gasteiger partial charge in [0.25, 0.3) is 0 Å². The number of Topliss-reactive ketones (excluding diaryl/α,β-unsaturated/α-hetero) is 1. The molecule has 0 aromatic carbocycles. The maximum absolute atomic E-state index is 12.5. The standard InChI is InChI=1S/C18H28O3/c1-16(15(20)21)9-10-17(2)12(11-16)7-8-18(3)13(17)5-4-6-14(18)19/h12-13H,4-11H2,1-3H3,(H,20,21)/t12-,13+,16+,17-,18+/m1/s1. The van der Waals surface area contributed by atoms with E-state index in [0.717, 1.165) is 51.4 Å². The smallest absolute Gasteiger partial charge is 0.309 e. The van der Waals surface area contributed by atoms with Crippen LogP contribution >= 0.6 is 0 Å². The van der Waals surface area contributed by atoms with Crippen LogP contribution in [-0.4, -0.2) is 16.9 Å². The van der Waals surface area contributed by atoms with Crippen LogP contribution < -0.4 is 0 Å². The van der Waals surface area contributed by atoms with Gasteiger partial charge in [0.2, 0.25) is 0 Å². The van der Waals surface area contributed by atoms with E-state index in [2.05, 4.69) is 13.8 Å². The molecule has 0 aliphatic heterocycles. The van der Waals surface area contributed by atoms with Crippen LogP contribution in [0.15, 0.2) is 0 Å². The van der Waals surface area contributed by atoms with Crippen molar-refractivity contribution in [2.75, 3.05) is 0 Å². The summed E-state index contributed by atoms with van der Waals surface area (Å²) in [5.41, 5.74) is -0.533. The predicted octanol–water partition coefficient (Wildman–Crippen LogP) is 4.05. The molecule has 0 amide bonds. The minimum absolute atomic E-state index is 0.138. The van der Waals surface area contributed by atoms with Gasteiger partial charge in [0.05, 0.1) is 5.41 Å². The number of carbonyl (C=O) groups is 2. The molecule has 21 heavy (non-hydrogen) atoms. The van der Waals surface area contributed by atoms with Gasteiger partial charge in [-0.2, -0.15) is 0 Å². The fraction of sp³-hybridized carbons (Fsp3) is 0.889. The summed E-state index contributed by atoms with van der Waals surface area (Å²) >= 11 is 0. The Hall–Kier alpha value is -0.860. The van der Waals surface area contributed by atoms with E-state index in [1.807, 2.05) is 6.92 Å². The van der Waals surface area contributed by atoms with Crippen molar-refractivity contribution in [3.63, 3.8) is 0 Å². The fourth-order valence-electron chi connectivity index (χ4n) is 5.82. The average Bonchev–Trinajstić information content (AvgIpc) is 2.42. The molecule has 0 radical (unpaired) electrons. The van der Waals surface area contributed by atoms with Gasteiger partial charge in [-0.1, -0.05) is 13.8 Å². The van der Waals surface area contributed by atoms with Gasteiger partial charge in [-0.15, -0.1) is 0 Å². The molecule has 5 atom stereocenters. The second-order valence-corrected chi connectivity index (χ2v) is 8.60. The molecule has 0 aromatic rings. The zero-order valence-corrected chi connectivity index (χ0v) is 13.6. The molecule has 0 unspecified atom stereocenters. The first kappa shape index (κ1) is 15.1. The summed E-state index contributed by atoms with van der Waals surface area (Å²) in [5.74, 6) is 0.752. The molecule has 3 saturated carbocycles. The second-order valence-electron chi connectivity index (χ2n) is 8.60. The number of carboxylic acids is 1. The highest BCUT2D eigenvalue weighted by molar-refractivity contribution is 5.85. The number of carbonyl (C=O) groups excluding carboxylic acids is 1. The van der Waals surface area contributed by atoms with E-state index in [0.29, 0.717) is 17.6 Å². The summed E-state index contributed by atoms with van der Waals surface area (Å²) in [5, 5.41) is 9.54. The average molecular weight is 292 g/mol. The lowest BCUT2D eigenvalue weighted by Gasteiger charge is -2.61. The summed E-state index contributed by atoms with van der Waals surface area (Å²) in [7, 11) is 0. The first-order chi connectivity index (χ1) is 9.72. The SMILES string of the molecule is C[C@]1(C(=O)O)CC[C@]2(C)[C@H](CC[C@]3(C)C(=O)CCC[C@@H]23)C1. The van der Waals surface area contributed by atoms with Gasteiger partial charge in [0.1, 0.15) is 5.78 Å². The van der Waals surface area contributed by atoms with Crippen LogP contribution in [0.1, 0.15) is 72.1 Å². The third-order valence-electron chi connectivity index (χ3n) is 7.47. The second kappa shape index (κ2) is 4.57. The highest BCUT2D eigenvalue weighted by Crippen LogP contribution is 2.65. The third-order valence-corrected chi connectivity index (χ3v) is 7.47. The number of rotatable bonds is 1. The number of fused-ring (bicyclic) bond motifs is 3. The minimum Gasteiger partial charge on any atom is -0.481 e. The van der Waals surface area contributed by atoms with E-state index < -0.39 is 11.4 Å². The van der Waals surface area contributed by atoms with Crippen molar-refractivity contribution in [3.05, 3.63) is 0 Å². The van der Waals surface area contributed by atoms with Crippen LogP contribution in [-0.2, 0) is 9.59 Å². The van der Waals surface area contributed by atoms with Crippen LogP contribution in [0, 0.1) is 28.1 Å². The Labute approximate surface area is 127 Å². The van der Waals surface area contributed by atoms with Crippen molar-refractivity contribution in [1.29, 1.82) is 0 Å². The summed E-state index contributed by atoms with van der Waals surface area (Å²) in [6.07, 6.45) is 7.44. The van der Waals surface area contributed by atoms with E-state index in [9.17, 15) is 14.7 Å². The van der Waals surface area contributed by atoms with Crippen LogP contribution in [0.5, 0.6) is 0 Å². The lowest BCUT2D eigenvalue weighted by atomic mass is 9.43.